The van der Waals surface area contributed by atoms with Crippen LogP contribution in [0.4, 0.5) is 11.5 Å². The van der Waals surface area contributed by atoms with Crippen LogP contribution in [-0.4, -0.2) is 15.9 Å². The van der Waals surface area contributed by atoms with Crippen LogP contribution in [0, 0.1) is 13.8 Å². The number of anilines is 2. The number of aryl methyl sites for hydroxylation is 2. The Morgan fingerprint density at radius 3 is 2.29 bits per heavy atom. The lowest BCUT2D eigenvalue weighted by Gasteiger charge is -2.10. The summed E-state index contributed by atoms with van der Waals surface area (Å²) in [6.07, 6.45) is 1.54. The first-order valence-corrected chi connectivity index (χ1v) is 10.2. The summed E-state index contributed by atoms with van der Waals surface area (Å²) in [5.41, 5.74) is 6.71. The number of hydrogen-bond acceptors (Lipinski definition) is 4. The van der Waals surface area contributed by atoms with Crippen molar-refractivity contribution in [1.29, 1.82) is 0 Å². The van der Waals surface area contributed by atoms with Crippen LogP contribution < -0.4 is 10.6 Å². The van der Waals surface area contributed by atoms with E-state index in [1.807, 2.05) is 67.6 Å². The highest BCUT2D eigenvalue weighted by atomic mass is 16.1. The van der Waals surface area contributed by atoms with Crippen LogP contribution in [0.1, 0.15) is 27.0 Å². The molecule has 0 spiro atoms. The summed E-state index contributed by atoms with van der Waals surface area (Å²) in [6.45, 7) is 4.59. The fourth-order valence-corrected chi connectivity index (χ4v) is 3.18. The molecule has 0 saturated carbocycles. The largest absolute Gasteiger partial charge is 0.348 e. The van der Waals surface area contributed by atoms with Gasteiger partial charge in [-0.3, -0.25) is 4.79 Å². The zero-order valence-corrected chi connectivity index (χ0v) is 17.6. The highest BCUT2D eigenvalue weighted by Crippen LogP contribution is 2.22. The van der Waals surface area contributed by atoms with Crippen molar-refractivity contribution in [2.75, 3.05) is 5.32 Å². The average molecular weight is 409 g/mol. The van der Waals surface area contributed by atoms with Crippen LogP contribution in [0.2, 0.25) is 0 Å². The zero-order chi connectivity index (χ0) is 21.6. The predicted octanol–water partition coefficient (Wildman–Crippen LogP) is 5.43. The maximum atomic E-state index is 12.6. The molecule has 31 heavy (non-hydrogen) atoms. The van der Waals surface area contributed by atoms with Gasteiger partial charge in [-0.05, 0) is 37.6 Å². The number of nitrogens with zero attached hydrogens (tertiary/aromatic N) is 2. The second kappa shape index (κ2) is 9.22. The van der Waals surface area contributed by atoms with Gasteiger partial charge in [-0.15, -0.1) is 0 Å². The van der Waals surface area contributed by atoms with E-state index in [0.717, 1.165) is 22.5 Å². The minimum Gasteiger partial charge on any atom is -0.348 e. The maximum absolute atomic E-state index is 12.6. The molecule has 1 heterocycles. The Balaban J connectivity index is 1.44. The summed E-state index contributed by atoms with van der Waals surface area (Å²) >= 11 is 0. The van der Waals surface area contributed by atoms with Gasteiger partial charge in [-0.25, -0.2) is 9.97 Å². The van der Waals surface area contributed by atoms with Gasteiger partial charge in [0.05, 0.1) is 5.69 Å². The standard InChI is InChI=1S/C26H24N4O/c1-18-6-10-20(11-7-18)16-27-26(31)22-4-3-5-23(14-22)30-25-15-24(28-17-29-25)21-12-8-19(2)9-13-21/h3-15,17H,16H2,1-2H3,(H,27,31)(H,28,29,30). The normalized spacial score (nSPS) is 10.5. The monoisotopic (exact) mass is 408 g/mol. The number of carbonyl (C=O) groups excluding carboxylic acids is 1. The molecule has 3 aromatic carbocycles. The van der Waals surface area contributed by atoms with Gasteiger partial charge in [0.1, 0.15) is 12.1 Å². The van der Waals surface area contributed by atoms with Gasteiger partial charge in [0.2, 0.25) is 0 Å². The second-order valence-corrected chi connectivity index (χ2v) is 7.53. The Morgan fingerprint density at radius 1 is 0.839 bits per heavy atom. The summed E-state index contributed by atoms with van der Waals surface area (Å²) in [5, 5.41) is 6.24. The number of amides is 1. The predicted molar refractivity (Wildman–Crippen MR) is 124 cm³/mol. The minimum absolute atomic E-state index is 0.118. The van der Waals surface area contributed by atoms with Crippen LogP contribution in [0.5, 0.6) is 0 Å². The van der Waals surface area contributed by atoms with E-state index in [1.54, 1.807) is 6.07 Å². The van der Waals surface area contributed by atoms with Crippen molar-refractivity contribution in [2.45, 2.75) is 20.4 Å². The molecule has 0 saturated heterocycles. The van der Waals surface area contributed by atoms with E-state index in [0.29, 0.717) is 17.9 Å². The van der Waals surface area contributed by atoms with Gasteiger partial charge in [0, 0.05) is 29.4 Å². The van der Waals surface area contributed by atoms with Gasteiger partial charge in [0.15, 0.2) is 0 Å². The van der Waals surface area contributed by atoms with Crippen molar-refractivity contribution in [2.24, 2.45) is 0 Å². The van der Waals surface area contributed by atoms with Crippen molar-refractivity contribution >= 4 is 17.4 Å². The molecule has 0 aliphatic rings. The fraction of sp³-hybridized carbons (Fsp3) is 0.115. The first kappa shape index (κ1) is 20.3. The molecule has 5 nitrogen and oxygen atoms in total. The zero-order valence-electron chi connectivity index (χ0n) is 17.6. The van der Waals surface area contributed by atoms with Crippen molar-refractivity contribution in [3.63, 3.8) is 0 Å². The van der Waals surface area contributed by atoms with Crippen LogP contribution in [0.25, 0.3) is 11.3 Å². The quantitative estimate of drug-likeness (QED) is 0.446. The molecule has 154 valence electrons. The fourth-order valence-electron chi connectivity index (χ4n) is 3.18. The molecule has 0 aliphatic carbocycles. The van der Waals surface area contributed by atoms with E-state index in [1.165, 1.54) is 17.5 Å². The number of nitrogens with one attached hydrogen (secondary N) is 2. The number of rotatable bonds is 6. The SMILES string of the molecule is Cc1ccc(CNC(=O)c2cccc(Nc3cc(-c4ccc(C)cc4)ncn3)c2)cc1. The topological polar surface area (TPSA) is 66.9 Å². The minimum atomic E-state index is -0.118. The van der Waals surface area contributed by atoms with E-state index in [9.17, 15) is 4.79 Å². The third kappa shape index (κ3) is 5.34. The van der Waals surface area contributed by atoms with Gasteiger partial charge in [0.25, 0.3) is 5.91 Å². The van der Waals surface area contributed by atoms with Crippen molar-refractivity contribution < 1.29 is 4.79 Å². The molecular weight excluding hydrogens is 384 g/mol. The summed E-state index contributed by atoms with van der Waals surface area (Å²) in [7, 11) is 0. The van der Waals surface area contributed by atoms with Gasteiger partial charge >= 0.3 is 0 Å². The van der Waals surface area contributed by atoms with E-state index >= 15 is 0 Å². The molecule has 1 amide bonds. The van der Waals surface area contributed by atoms with Crippen molar-refractivity contribution in [1.82, 2.24) is 15.3 Å². The maximum Gasteiger partial charge on any atom is 0.251 e. The third-order valence-corrected chi connectivity index (χ3v) is 4.99. The summed E-state index contributed by atoms with van der Waals surface area (Å²) in [6, 6.07) is 25.6. The second-order valence-electron chi connectivity index (χ2n) is 7.53. The van der Waals surface area contributed by atoms with Crippen LogP contribution in [0.3, 0.4) is 0 Å². The van der Waals surface area contributed by atoms with Crippen LogP contribution in [-0.2, 0) is 6.54 Å². The molecule has 2 N–H and O–H groups in total. The highest BCUT2D eigenvalue weighted by Gasteiger charge is 2.08. The summed E-state index contributed by atoms with van der Waals surface area (Å²) in [5.74, 6) is 0.551. The molecule has 0 atom stereocenters. The Morgan fingerprint density at radius 2 is 1.55 bits per heavy atom. The summed E-state index contributed by atoms with van der Waals surface area (Å²) in [4.78, 5) is 21.3. The average Bonchev–Trinajstić information content (AvgIpc) is 2.79. The first-order valence-electron chi connectivity index (χ1n) is 10.2. The molecular formula is C26H24N4O. The molecule has 0 fully saturated rings. The van der Waals surface area contributed by atoms with Crippen LogP contribution >= 0.6 is 0 Å². The molecule has 4 aromatic rings. The van der Waals surface area contributed by atoms with Gasteiger partial charge in [-0.2, -0.15) is 0 Å². The van der Waals surface area contributed by atoms with Crippen molar-refractivity contribution in [3.8, 4) is 11.3 Å². The Labute approximate surface area is 182 Å². The van der Waals surface area contributed by atoms with E-state index in [4.69, 9.17) is 0 Å². The Hall–Kier alpha value is -3.99. The third-order valence-electron chi connectivity index (χ3n) is 4.99. The highest BCUT2D eigenvalue weighted by molar-refractivity contribution is 5.95. The number of aromatic nitrogens is 2. The van der Waals surface area contributed by atoms with E-state index in [2.05, 4.69) is 39.7 Å². The lowest BCUT2D eigenvalue weighted by Crippen LogP contribution is -2.22. The van der Waals surface area contributed by atoms with Crippen molar-refractivity contribution in [3.05, 3.63) is 107 Å². The van der Waals surface area contributed by atoms with Gasteiger partial charge in [-0.1, -0.05) is 65.7 Å². The smallest absolute Gasteiger partial charge is 0.251 e. The molecule has 0 unspecified atom stereocenters. The number of benzene rings is 3. The Kier molecular flexibility index (Phi) is 6.03. The molecule has 0 bridgehead atoms. The molecule has 5 heteroatoms. The Bertz CT molecular complexity index is 1180. The molecule has 0 aliphatic heterocycles. The van der Waals surface area contributed by atoms with Gasteiger partial charge < -0.3 is 10.6 Å². The lowest BCUT2D eigenvalue weighted by atomic mass is 10.1. The molecule has 4 rings (SSSR count). The van der Waals surface area contributed by atoms with E-state index < -0.39 is 0 Å². The number of hydrogen-bond donors (Lipinski definition) is 2. The molecule has 0 radical (unpaired) electrons. The first-order chi connectivity index (χ1) is 15.1. The lowest BCUT2D eigenvalue weighted by molar-refractivity contribution is 0.0951. The summed E-state index contributed by atoms with van der Waals surface area (Å²) < 4.78 is 0. The van der Waals surface area contributed by atoms with E-state index in [-0.39, 0.29) is 5.91 Å². The van der Waals surface area contributed by atoms with Crippen LogP contribution in [0.15, 0.2) is 85.2 Å². The number of carbonyl (C=O) groups is 1. The molecule has 1 aromatic heterocycles.